The summed E-state index contributed by atoms with van der Waals surface area (Å²) in [4.78, 5) is 25.0. The summed E-state index contributed by atoms with van der Waals surface area (Å²) in [5.41, 5.74) is 1.71. The number of nitrogens with one attached hydrogen (secondary N) is 2. The van der Waals surface area contributed by atoms with E-state index in [1.807, 2.05) is 32.0 Å². The lowest BCUT2D eigenvalue weighted by molar-refractivity contribution is -0.138. The van der Waals surface area contributed by atoms with Gasteiger partial charge in [-0.3, -0.25) is 9.59 Å². The molecule has 2 amide bonds. The lowest BCUT2D eigenvalue weighted by Gasteiger charge is -2.25. The maximum Gasteiger partial charge on any atom is 0.239 e. The molecule has 0 bridgehead atoms. The van der Waals surface area contributed by atoms with Crippen molar-refractivity contribution in [1.82, 2.24) is 5.32 Å². The average Bonchev–Trinajstić information content (AvgIpc) is 2.95. The van der Waals surface area contributed by atoms with Crippen molar-refractivity contribution in [3.63, 3.8) is 0 Å². The molecular weight excluding hydrogens is 276 g/mol. The van der Waals surface area contributed by atoms with Gasteiger partial charge in [0.15, 0.2) is 0 Å². The largest absolute Gasteiger partial charge is 0.352 e. The van der Waals surface area contributed by atoms with E-state index in [4.69, 9.17) is 0 Å². The zero-order valence-electron chi connectivity index (χ0n) is 14.0. The first-order valence-electron chi connectivity index (χ1n) is 8.01. The van der Waals surface area contributed by atoms with Crippen molar-refractivity contribution in [2.75, 3.05) is 5.32 Å². The number of hydrogen-bond acceptors (Lipinski definition) is 2. The molecule has 1 aliphatic carbocycles. The number of carbonyl (C=O) groups is 2. The second kappa shape index (κ2) is 6.51. The number of hydrogen-bond donors (Lipinski definition) is 2. The molecule has 0 radical (unpaired) electrons. The van der Waals surface area contributed by atoms with Crippen LogP contribution < -0.4 is 10.6 Å². The topological polar surface area (TPSA) is 58.2 Å². The molecule has 0 unspecified atom stereocenters. The van der Waals surface area contributed by atoms with Crippen LogP contribution in [0.3, 0.4) is 0 Å². The predicted octanol–water partition coefficient (Wildman–Crippen LogP) is 3.33. The van der Waals surface area contributed by atoms with Crippen molar-refractivity contribution in [3.8, 4) is 0 Å². The van der Waals surface area contributed by atoms with E-state index in [1.54, 1.807) is 13.8 Å². The van der Waals surface area contributed by atoms with Crippen molar-refractivity contribution in [2.45, 2.75) is 59.4 Å². The molecule has 120 valence electrons. The predicted molar refractivity (Wildman–Crippen MR) is 88.7 cm³/mol. The summed E-state index contributed by atoms with van der Waals surface area (Å²) in [7, 11) is 0. The van der Waals surface area contributed by atoms with Crippen LogP contribution >= 0.6 is 0 Å². The van der Waals surface area contributed by atoms with Gasteiger partial charge in [-0.05, 0) is 51.7 Å². The van der Waals surface area contributed by atoms with Crippen molar-refractivity contribution in [2.24, 2.45) is 5.41 Å². The van der Waals surface area contributed by atoms with Crippen LogP contribution in [0, 0.1) is 19.3 Å². The van der Waals surface area contributed by atoms with Gasteiger partial charge in [-0.15, -0.1) is 0 Å². The standard InChI is InChI=1S/C18H26N2O2/c1-12-8-7-9-13(2)15(12)20-17(22)18(3,4)16(21)19-14-10-5-6-11-14/h7-9,14H,5-6,10-11H2,1-4H3,(H,19,21)(H,20,22). The Hall–Kier alpha value is -1.84. The summed E-state index contributed by atoms with van der Waals surface area (Å²) in [6, 6.07) is 6.08. The highest BCUT2D eigenvalue weighted by Gasteiger charge is 2.37. The first-order valence-corrected chi connectivity index (χ1v) is 8.01. The van der Waals surface area contributed by atoms with E-state index in [1.165, 1.54) is 0 Å². The SMILES string of the molecule is Cc1cccc(C)c1NC(=O)C(C)(C)C(=O)NC1CCCC1. The second-order valence-corrected chi connectivity index (χ2v) is 6.80. The van der Waals surface area contributed by atoms with E-state index in [0.717, 1.165) is 42.5 Å². The Balaban J connectivity index is 2.07. The molecule has 1 aromatic rings. The van der Waals surface area contributed by atoms with Gasteiger partial charge in [0.05, 0.1) is 0 Å². The van der Waals surface area contributed by atoms with Gasteiger partial charge in [-0.2, -0.15) is 0 Å². The van der Waals surface area contributed by atoms with E-state index in [-0.39, 0.29) is 17.9 Å². The molecule has 2 N–H and O–H groups in total. The molecule has 22 heavy (non-hydrogen) atoms. The third kappa shape index (κ3) is 3.49. The Morgan fingerprint density at radius 3 is 2.14 bits per heavy atom. The van der Waals surface area contributed by atoms with Crippen LogP contribution in [0.25, 0.3) is 0 Å². The van der Waals surface area contributed by atoms with Crippen LogP contribution in [-0.4, -0.2) is 17.9 Å². The highest BCUT2D eigenvalue weighted by Crippen LogP contribution is 2.25. The fourth-order valence-electron chi connectivity index (χ4n) is 2.82. The monoisotopic (exact) mass is 302 g/mol. The molecule has 1 aliphatic rings. The molecular formula is C18H26N2O2. The van der Waals surface area contributed by atoms with Crippen LogP contribution in [-0.2, 0) is 9.59 Å². The van der Waals surface area contributed by atoms with Crippen molar-refractivity contribution in [3.05, 3.63) is 29.3 Å². The third-order valence-corrected chi connectivity index (χ3v) is 4.55. The summed E-state index contributed by atoms with van der Waals surface area (Å²) in [5.74, 6) is -0.455. The number of rotatable bonds is 4. The molecule has 0 atom stereocenters. The van der Waals surface area contributed by atoms with Crippen LogP contribution in [0.1, 0.15) is 50.7 Å². The van der Waals surface area contributed by atoms with Crippen molar-refractivity contribution in [1.29, 1.82) is 0 Å². The number of para-hydroxylation sites is 1. The van der Waals surface area contributed by atoms with E-state index in [0.29, 0.717) is 0 Å². The molecule has 0 aliphatic heterocycles. The van der Waals surface area contributed by atoms with Crippen LogP contribution in [0.2, 0.25) is 0 Å². The highest BCUT2D eigenvalue weighted by atomic mass is 16.2. The van der Waals surface area contributed by atoms with Gasteiger partial charge >= 0.3 is 0 Å². The van der Waals surface area contributed by atoms with Crippen LogP contribution in [0.15, 0.2) is 18.2 Å². The van der Waals surface area contributed by atoms with Gasteiger partial charge in [0.2, 0.25) is 11.8 Å². The van der Waals surface area contributed by atoms with Crippen molar-refractivity contribution >= 4 is 17.5 Å². The molecule has 0 heterocycles. The fraction of sp³-hybridized carbons (Fsp3) is 0.556. The molecule has 1 fully saturated rings. The zero-order valence-corrected chi connectivity index (χ0v) is 14.0. The van der Waals surface area contributed by atoms with Gasteiger partial charge in [-0.1, -0.05) is 31.0 Å². The van der Waals surface area contributed by atoms with Crippen molar-refractivity contribution < 1.29 is 9.59 Å². The minimum Gasteiger partial charge on any atom is -0.352 e. The quantitative estimate of drug-likeness (QED) is 0.838. The third-order valence-electron chi connectivity index (χ3n) is 4.55. The van der Waals surface area contributed by atoms with Gasteiger partial charge < -0.3 is 10.6 Å². The summed E-state index contributed by atoms with van der Waals surface area (Å²) in [5, 5.41) is 5.94. The Morgan fingerprint density at radius 1 is 1.05 bits per heavy atom. The Bertz CT molecular complexity index is 552. The molecule has 0 aromatic heterocycles. The summed E-state index contributed by atoms with van der Waals surface area (Å²) >= 11 is 0. The number of anilines is 1. The van der Waals surface area contributed by atoms with Gasteiger partial charge in [-0.25, -0.2) is 0 Å². The molecule has 0 saturated heterocycles. The first-order chi connectivity index (χ1) is 10.3. The molecule has 4 heteroatoms. The number of carbonyl (C=O) groups excluding carboxylic acids is 2. The van der Waals surface area contributed by atoms with E-state index in [2.05, 4.69) is 10.6 Å². The average molecular weight is 302 g/mol. The Morgan fingerprint density at radius 2 is 1.59 bits per heavy atom. The highest BCUT2D eigenvalue weighted by molar-refractivity contribution is 6.10. The lowest BCUT2D eigenvalue weighted by Crippen LogP contribution is -2.48. The Kier molecular flexibility index (Phi) is 4.89. The minimum absolute atomic E-state index is 0.192. The maximum absolute atomic E-state index is 12.6. The normalized spacial score (nSPS) is 15.6. The second-order valence-electron chi connectivity index (χ2n) is 6.80. The van der Waals surface area contributed by atoms with Gasteiger partial charge in [0, 0.05) is 11.7 Å². The summed E-state index contributed by atoms with van der Waals surface area (Å²) < 4.78 is 0. The van der Waals surface area contributed by atoms with Crippen LogP contribution in [0.4, 0.5) is 5.69 Å². The van der Waals surface area contributed by atoms with Gasteiger partial charge in [0.1, 0.15) is 5.41 Å². The molecule has 2 rings (SSSR count). The molecule has 1 saturated carbocycles. The lowest BCUT2D eigenvalue weighted by atomic mass is 9.90. The smallest absolute Gasteiger partial charge is 0.239 e. The zero-order chi connectivity index (χ0) is 16.3. The van der Waals surface area contributed by atoms with Gasteiger partial charge in [0.25, 0.3) is 0 Å². The maximum atomic E-state index is 12.6. The first kappa shape index (κ1) is 16.5. The number of benzene rings is 1. The summed E-state index contributed by atoms with van der Waals surface area (Å²) in [6.07, 6.45) is 4.33. The van der Waals surface area contributed by atoms with E-state index in [9.17, 15) is 9.59 Å². The van der Waals surface area contributed by atoms with E-state index < -0.39 is 5.41 Å². The Labute approximate surface area is 132 Å². The summed E-state index contributed by atoms with van der Waals surface area (Å²) in [6.45, 7) is 7.27. The molecule has 1 aromatic carbocycles. The van der Waals surface area contributed by atoms with E-state index >= 15 is 0 Å². The molecule has 4 nitrogen and oxygen atoms in total. The molecule has 0 spiro atoms. The van der Waals surface area contributed by atoms with Crippen LogP contribution in [0.5, 0.6) is 0 Å². The number of amides is 2. The fourth-order valence-corrected chi connectivity index (χ4v) is 2.82. The minimum atomic E-state index is -1.09. The number of aryl methyl sites for hydroxylation is 2.